The molecule has 0 aliphatic rings. The first kappa shape index (κ1) is 20.9. The van der Waals surface area contributed by atoms with Crippen LogP contribution in [-0.4, -0.2) is 44.2 Å². The second-order valence-electron chi connectivity index (χ2n) is 7.94. The predicted molar refractivity (Wildman–Crippen MR) is 122 cm³/mol. The first-order chi connectivity index (χ1) is 14.9. The Hall–Kier alpha value is -3.38. The van der Waals surface area contributed by atoms with Gasteiger partial charge in [-0.15, -0.1) is 0 Å². The van der Waals surface area contributed by atoms with Gasteiger partial charge in [0.1, 0.15) is 12.2 Å². The average Bonchev–Trinajstić information content (AvgIpc) is 2.75. The maximum Gasteiger partial charge on any atom is 0.212 e. The van der Waals surface area contributed by atoms with E-state index in [4.69, 9.17) is 13.9 Å². The molecule has 0 aliphatic heterocycles. The topological polar surface area (TPSA) is 64.8 Å². The van der Waals surface area contributed by atoms with Crippen LogP contribution in [0.4, 0.5) is 0 Å². The molecular formula is C25H26N2O4. The number of methoxy groups -OCH3 is 1. The van der Waals surface area contributed by atoms with E-state index < -0.39 is 0 Å². The lowest BCUT2D eigenvalue weighted by molar-refractivity contribution is 0.261. The van der Waals surface area contributed by atoms with Gasteiger partial charge in [-0.3, -0.25) is 4.79 Å². The van der Waals surface area contributed by atoms with Crippen molar-refractivity contribution in [2.24, 2.45) is 0 Å². The van der Waals surface area contributed by atoms with Gasteiger partial charge in [0.25, 0.3) is 0 Å². The van der Waals surface area contributed by atoms with Crippen molar-refractivity contribution >= 4 is 21.9 Å². The Labute approximate surface area is 181 Å². The molecule has 0 unspecified atom stereocenters. The zero-order valence-corrected chi connectivity index (χ0v) is 18.3. The van der Waals surface area contributed by atoms with Gasteiger partial charge in [0.05, 0.1) is 17.9 Å². The minimum absolute atomic E-state index is 0.0462. The number of pyridine rings is 1. The van der Waals surface area contributed by atoms with E-state index in [-0.39, 0.29) is 5.43 Å². The molecule has 31 heavy (non-hydrogen) atoms. The van der Waals surface area contributed by atoms with E-state index in [2.05, 4.69) is 4.98 Å². The molecule has 6 nitrogen and oxygen atoms in total. The molecule has 0 atom stereocenters. The summed E-state index contributed by atoms with van der Waals surface area (Å²) in [7, 11) is 5.58. The molecule has 0 saturated carbocycles. The molecule has 0 fully saturated rings. The number of nitrogens with zero attached hydrogens (tertiary/aromatic N) is 2. The summed E-state index contributed by atoms with van der Waals surface area (Å²) in [6.45, 7) is 3.24. The van der Waals surface area contributed by atoms with Crippen LogP contribution in [0.15, 0.2) is 57.9 Å². The van der Waals surface area contributed by atoms with Crippen molar-refractivity contribution in [2.45, 2.75) is 13.3 Å². The molecule has 0 aliphatic carbocycles. The van der Waals surface area contributed by atoms with Crippen LogP contribution in [0.3, 0.4) is 0 Å². The highest BCUT2D eigenvalue weighted by molar-refractivity contribution is 5.93. The second kappa shape index (κ2) is 8.78. The number of hydrogen-bond donors (Lipinski definition) is 0. The van der Waals surface area contributed by atoms with Crippen LogP contribution in [0.2, 0.25) is 0 Å². The summed E-state index contributed by atoms with van der Waals surface area (Å²) in [4.78, 5) is 19.5. The Bertz CT molecular complexity index is 1280. The average molecular weight is 418 g/mol. The lowest BCUT2D eigenvalue weighted by Gasteiger charge is -2.13. The highest BCUT2D eigenvalue weighted by atomic mass is 16.5. The Morgan fingerprint density at radius 1 is 1.03 bits per heavy atom. The molecule has 0 bridgehead atoms. The number of aromatic nitrogens is 1. The summed E-state index contributed by atoms with van der Waals surface area (Å²) >= 11 is 0. The molecule has 0 radical (unpaired) electrons. The van der Waals surface area contributed by atoms with Gasteiger partial charge in [-0.1, -0.05) is 12.1 Å². The monoisotopic (exact) mass is 418 g/mol. The summed E-state index contributed by atoms with van der Waals surface area (Å²) in [6, 6.07) is 13.3. The maximum absolute atomic E-state index is 13.2. The minimum atomic E-state index is -0.0462. The van der Waals surface area contributed by atoms with Crippen LogP contribution >= 0.6 is 0 Å². The van der Waals surface area contributed by atoms with Gasteiger partial charge in [-0.2, -0.15) is 0 Å². The Morgan fingerprint density at radius 2 is 1.84 bits per heavy atom. The molecule has 4 aromatic rings. The van der Waals surface area contributed by atoms with Gasteiger partial charge >= 0.3 is 0 Å². The lowest BCUT2D eigenvalue weighted by Crippen LogP contribution is -2.19. The van der Waals surface area contributed by atoms with Gasteiger partial charge in [-0.25, -0.2) is 4.98 Å². The summed E-state index contributed by atoms with van der Waals surface area (Å²) < 4.78 is 17.3. The molecule has 2 heterocycles. The highest BCUT2D eigenvalue weighted by Crippen LogP contribution is 2.29. The van der Waals surface area contributed by atoms with Crippen LogP contribution in [0.1, 0.15) is 16.7 Å². The third kappa shape index (κ3) is 4.54. The van der Waals surface area contributed by atoms with Gasteiger partial charge in [0.2, 0.25) is 11.3 Å². The fourth-order valence-corrected chi connectivity index (χ4v) is 3.53. The van der Waals surface area contributed by atoms with Crippen LogP contribution in [0.25, 0.3) is 21.9 Å². The number of likely N-dealkylation sites (N-methyl/N-ethyl adjacent to an activating group) is 1. The lowest BCUT2D eigenvalue weighted by atomic mass is 10.0. The van der Waals surface area contributed by atoms with Crippen LogP contribution in [-0.2, 0) is 6.42 Å². The third-order valence-electron chi connectivity index (χ3n) is 5.16. The molecular weight excluding hydrogens is 392 g/mol. The van der Waals surface area contributed by atoms with Gasteiger partial charge < -0.3 is 18.8 Å². The standard InChI is InChI=1S/C25H26N2O4/c1-16-11-20-24(28)19-7-5-17(13-18-6-8-23(29-4)26-15-18)14-21(19)31-25(20)22(12-16)30-10-9-27(2)3/h5-8,11-12,14-15H,9-10,13H2,1-4H3. The molecule has 0 N–H and O–H groups in total. The van der Waals surface area contributed by atoms with Crippen molar-refractivity contribution in [3.8, 4) is 11.6 Å². The van der Waals surface area contributed by atoms with Gasteiger partial charge in [-0.05, 0) is 68.4 Å². The van der Waals surface area contributed by atoms with Crippen LogP contribution in [0, 0.1) is 6.92 Å². The quantitative estimate of drug-likeness (QED) is 0.419. The van der Waals surface area contributed by atoms with Crippen LogP contribution in [0.5, 0.6) is 11.6 Å². The third-order valence-corrected chi connectivity index (χ3v) is 5.16. The number of benzene rings is 2. The Kier molecular flexibility index (Phi) is 5.91. The SMILES string of the molecule is COc1ccc(Cc2ccc3c(=O)c4cc(C)cc(OCCN(C)C)c4oc3c2)cn1. The molecule has 6 heteroatoms. The molecule has 0 amide bonds. The fraction of sp³-hybridized carbons (Fsp3) is 0.280. The second-order valence-corrected chi connectivity index (χ2v) is 7.94. The predicted octanol–water partition coefficient (Wildman–Crippen LogP) is 4.19. The van der Waals surface area contributed by atoms with Gasteiger partial charge in [0.15, 0.2) is 11.3 Å². The molecule has 0 spiro atoms. The van der Waals surface area contributed by atoms with E-state index in [1.165, 1.54) is 0 Å². The fourth-order valence-electron chi connectivity index (χ4n) is 3.53. The van der Waals surface area contributed by atoms with Crippen LogP contribution < -0.4 is 14.9 Å². The van der Waals surface area contributed by atoms with E-state index in [1.54, 1.807) is 13.3 Å². The summed E-state index contributed by atoms with van der Waals surface area (Å²) in [6.07, 6.45) is 2.47. The molecule has 2 aromatic carbocycles. The largest absolute Gasteiger partial charge is 0.488 e. The molecule has 4 rings (SSSR count). The van der Waals surface area contributed by atoms with Crippen molar-refractivity contribution in [2.75, 3.05) is 34.4 Å². The number of ether oxygens (including phenoxy) is 2. The first-order valence-electron chi connectivity index (χ1n) is 10.2. The first-order valence-corrected chi connectivity index (χ1v) is 10.2. The number of aryl methyl sites for hydroxylation is 1. The van der Waals surface area contributed by atoms with E-state index in [0.717, 1.165) is 23.2 Å². The summed E-state index contributed by atoms with van der Waals surface area (Å²) in [5.41, 5.74) is 4.04. The van der Waals surface area contributed by atoms with Crippen molar-refractivity contribution in [3.63, 3.8) is 0 Å². The molecule has 2 aromatic heterocycles. The van der Waals surface area contributed by atoms with Crippen molar-refractivity contribution in [3.05, 3.63) is 75.6 Å². The molecule has 0 saturated heterocycles. The van der Waals surface area contributed by atoms with E-state index in [1.807, 2.05) is 68.4 Å². The van der Waals surface area contributed by atoms with Crippen molar-refractivity contribution < 1.29 is 13.9 Å². The Balaban J connectivity index is 1.74. The number of fused-ring (bicyclic) bond motifs is 2. The Morgan fingerprint density at radius 3 is 2.55 bits per heavy atom. The maximum atomic E-state index is 13.2. The number of rotatable bonds is 7. The minimum Gasteiger partial charge on any atom is -0.488 e. The van der Waals surface area contributed by atoms with Crippen molar-refractivity contribution in [1.82, 2.24) is 9.88 Å². The zero-order valence-electron chi connectivity index (χ0n) is 18.3. The van der Waals surface area contributed by atoms with E-state index in [0.29, 0.717) is 46.6 Å². The van der Waals surface area contributed by atoms with E-state index in [9.17, 15) is 4.79 Å². The zero-order chi connectivity index (χ0) is 22.0. The summed E-state index contributed by atoms with van der Waals surface area (Å²) in [5, 5.41) is 1.11. The molecule has 160 valence electrons. The van der Waals surface area contributed by atoms with Gasteiger partial charge in [0, 0.05) is 18.8 Å². The van der Waals surface area contributed by atoms with Crippen molar-refractivity contribution in [1.29, 1.82) is 0 Å². The highest BCUT2D eigenvalue weighted by Gasteiger charge is 2.14. The number of hydrogen-bond acceptors (Lipinski definition) is 6. The summed E-state index contributed by atoms with van der Waals surface area (Å²) in [5.74, 6) is 1.18. The smallest absolute Gasteiger partial charge is 0.212 e. The van der Waals surface area contributed by atoms with E-state index >= 15 is 0 Å². The normalized spacial score (nSPS) is 11.4.